The number of alkyl halides is 3. The van der Waals surface area contributed by atoms with E-state index in [9.17, 15) is 18.0 Å². The highest BCUT2D eigenvalue weighted by Gasteiger charge is 2.27. The summed E-state index contributed by atoms with van der Waals surface area (Å²) in [7, 11) is 0. The average Bonchev–Trinajstić information content (AvgIpc) is 2.63. The van der Waals surface area contributed by atoms with E-state index in [1.807, 2.05) is 0 Å². The second-order valence-corrected chi connectivity index (χ2v) is 3.62. The van der Waals surface area contributed by atoms with Gasteiger partial charge in [-0.2, -0.15) is 13.2 Å². The zero-order valence-corrected chi connectivity index (χ0v) is 9.39. The van der Waals surface area contributed by atoms with Crippen LogP contribution in [-0.2, 0) is 22.7 Å². The van der Waals surface area contributed by atoms with E-state index in [0.717, 1.165) is 4.68 Å². The molecule has 18 heavy (non-hydrogen) atoms. The van der Waals surface area contributed by atoms with Crippen molar-refractivity contribution in [3.63, 3.8) is 0 Å². The maximum absolute atomic E-state index is 11.8. The van der Waals surface area contributed by atoms with E-state index in [1.165, 1.54) is 6.92 Å². The Hall–Kier alpha value is -1.71. The van der Waals surface area contributed by atoms with E-state index < -0.39 is 31.3 Å². The second kappa shape index (κ2) is 5.76. The third-order valence-corrected chi connectivity index (χ3v) is 1.97. The quantitative estimate of drug-likeness (QED) is 0.806. The lowest BCUT2D eigenvalue weighted by atomic mass is 10.2. The zero-order chi connectivity index (χ0) is 13.8. The maximum atomic E-state index is 11.8. The highest BCUT2D eigenvalue weighted by molar-refractivity contribution is 5.69. The molecule has 0 fully saturated rings. The third kappa shape index (κ3) is 4.65. The van der Waals surface area contributed by atoms with Crippen molar-refractivity contribution in [1.82, 2.24) is 20.2 Å². The number of ether oxygens (including phenoxy) is 1. The van der Waals surface area contributed by atoms with Crippen LogP contribution < -0.4 is 0 Å². The van der Waals surface area contributed by atoms with Gasteiger partial charge in [0.05, 0.1) is 12.5 Å². The summed E-state index contributed by atoms with van der Waals surface area (Å²) in [6.45, 7) is -0.440. The molecule has 0 bridgehead atoms. The van der Waals surface area contributed by atoms with Crippen molar-refractivity contribution in [3.8, 4) is 0 Å². The third-order valence-electron chi connectivity index (χ3n) is 1.97. The first-order valence-electron chi connectivity index (χ1n) is 4.92. The molecule has 1 N–H and O–H groups in total. The first kappa shape index (κ1) is 14.4. The Morgan fingerprint density at radius 1 is 1.56 bits per heavy atom. The Bertz CT molecular complexity index is 407. The van der Waals surface area contributed by atoms with Crippen molar-refractivity contribution < 1.29 is 27.8 Å². The molecule has 10 heteroatoms. The van der Waals surface area contributed by atoms with Crippen LogP contribution in [0, 0.1) is 5.92 Å². The number of hydrogen-bond acceptors (Lipinski definition) is 5. The topological polar surface area (TPSA) is 90.1 Å². The predicted molar refractivity (Wildman–Crippen MR) is 50.3 cm³/mol. The van der Waals surface area contributed by atoms with Crippen molar-refractivity contribution in [1.29, 1.82) is 0 Å². The molecule has 0 aliphatic heterocycles. The molecule has 0 aliphatic carbocycles. The van der Waals surface area contributed by atoms with Gasteiger partial charge in [0.1, 0.15) is 13.2 Å². The first-order chi connectivity index (χ1) is 8.29. The van der Waals surface area contributed by atoms with Crippen LogP contribution in [0.5, 0.6) is 0 Å². The van der Waals surface area contributed by atoms with Crippen molar-refractivity contribution >= 4 is 5.97 Å². The smallest absolute Gasteiger partial charge is 0.411 e. The van der Waals surface area contributed by atoms with Gasteiger partial charge in [-0.1, -0.05) is 6.92 Å². The van der Waals surface area contributed by atoms with Gasteiger partial charge >= 0.3 is 12.1 Å². The number of aromatic nitrogens is 4. The van der Waals surface area contributed by atoms with Gasteiger partial charge < -0.3 is 9.84 Å². The second-order valence-electron chi connectivity index (χ2n) is 3.62. The monoisotopic (exact) mass is 268 g/mol. The number of tetrazole rings is 1. The minimum Gasteiger partial charge on any atom is -0.481 e. The lowest BCUT2D eigenvalue weighted by Gasteiger charge is -2.09. The number of hydrogen-bond donors (Lipinski definition) is 1. The molecule has 0 saturated carbocycles. The summed E-state index contributed by atoms with van der Waals surface area (Å²) in [6, 6.07) is 0. The summed E-state index contributed by atoms with van der Waals surface area (Å²) in [5.74, 6) is -1.75. The van der Waals surface area contributed by atoms with Crippen molar-refractivity contribution in [2.24, 2.45) is 5.92 Å². The number of carbonyl (C=O) groups is 1. The van der Waals surface area contributed by atoms with E-state index in [2.05, 4.69) is 20.3 Å². The van der Waals surface area contributed by atoms with Crippen LogP contribution in [-0.4, -0.2) is 44.1 Å². The number of rotatable bonds is 6. The van der Waals surface area contributed by atoms with Gasteiger partial charge in [0.25, 0.3) is 0 Å². The van der Waals surface area contributed by atoms with E-state index >= 15 is 0 Å². The molecule has 102 valence electrons. The van der Waals surface area contributed by atoms with Gasteiger partial charge in [-0.25, -0.2) is 4.68 Å². The summed E-state index contributed by atoms with van der Waals surface area (Å²) < 4.78 is 41.0. The highest BCUT2D eigenvalue weighted by Crippen LogP contribution is 2.15. The molecule has 0 amide bonds. The van der Waals surface area contributed by atoms with Gasteiger partial charge in [-0.05, 0) is 10.4 Å². The molecule has 0 radical (unpaired) electrons. The van der Waals surface area contributed by atoms with Crippen LogP contribution in [0.25, 0.3) is 0 Å². The number of aliphatic carboxylic acids is 1. The molecule has 0 saturated heterocycles. The number of nitrogens with zero attached hydrogens (tertiary/aromatic N) is 4. The van der Waals surface area contributed by atoms with E-state index in [1.54, 1.807) is 0 Å². The maximum Gasteiger partial charge on any atom is 0.411 e. The largest absolute Gasteiger partial charge is 0.481 e. The highest BCUT2D eigenvalue weighted by atomic mass is 19.4. The van der Waals surface area contributed by atoms with Crippen LogP contribution in [0.15, 0.2) is 0 Å². The lowest BCUT2D eigenvalue weighted by Crippen LogP contribution is -2.21. The van der Waals surface area contributed by atoms with Crippen LogP contribution in [0.4, 0.5) is 13.2 Å². The van der Waals surface area contributed by atoms with E-state index in [-0.39, 0.29) is 12.4 Å². The van der Waals surface area contributed by atoms with Gasteiger partial charge in [-0.15, -0.1) is 5.10 Å². The Morgan fingerprint density at radius 2 is 2.22 bits per heavy atom. The molecule has 0 aliphatic rings. The Labute approximate surface area is 99.5 Å². The standard InChI is InChI=1S/C8H11F3N4O3/c1-5(7(16)17)2-15-6(12-13-14-15)3-18-4-8(9,10)11/h5H,2-4H2,1H3,(H,16,17). The SMILES string of the molecule is CC(Cn1nnnc1COCC(F)(F)F)C(=O)O. The van der Waals surface area contributed by atoms with Crippen LogP contribution >= 0.6 is 0 Å². The zero-order valence-electron chi connectivity index (χ0n) is 9.39. The summed E-state index contributed by atoms with van der Waals surface area (Å²) in [5.41, 5.74) is 0. The Morgan fingerprint density at radius 3 is 2.78 bits per heavy atom. The number of halogens is 3. The minimum absolute atomic E-state index is 0.0347. The molecule has 1 rings (SSSR count). The summed E-state index contributed by atoms with van der Waals surface area (Å²) in [6.07, 6.45) is -4.42. The first-order valence-corrected chi connectivity index (χ1v) is 4.92. The molecule has 1 atom stereocenters. The Kier molecular flexibility index (Phi) is 4.59. The van der Waals surface area contributed by atoms with Gasteiger partial charge in [-0.3, -0.25) is 4.79 Å². The fraction of sp³-hybridized carbons (Fsp3) is 0.750. The molecular weight excluding hydrogens is 257 g/mol. The van der Waals surface area contributed by atoms with Gasteiger partial charge in [0, 0.05) is 0 Å². The lowest BCUT2D eigenvalue weighted by molar-refractivity contribution is -0.177. The molecule has 1 unspecified atom stereocenters. The molecule has 1 aromatic heterocycles. The summed E-state index contributed by atoms with van der Waals surface area (Å²) in [5, 5.41) is 18.9. The van der Waals surface area contributed by atoms with E-state index in [0.29, 0.717) is 0 Å². The summed E-state index contributed by atoms with van der Waals surface area (Å²) >= 11 is 0. The molecule has 7 nitrogen and oxygen atoms in total. The van der Waals surface area contributed by atoms with Gasteiger partial charge in [0.2, 0.25) is 0 Å². The molecule has 1 aromatic rings. The van der Waals surface area contributed by atoms with Gasteiger partial charge in [0.15, 0.2) is 5.82 Å². The number of carboxylic acids is 1. The molecular formula is C8H11F3N4O3. The average molecular weight is 268 g/mol. The Balaban J connectivity index is 2.52. The van der Waals surface area contributed by atoms with Crippen LogP contribution in [0.2, 0.25) is 0 Å². The van der Waals surface area contributed by atoms with Crippen molar-refractivity contribution in [2.45, 2.75) is 26.3 Å². The normalized spacial score (nSPS) is 13.6. The number of carboxylic acid groups (broad SMARTS) is 1. The predicted octanol–water partition coefficient (Wildman–Crippen LogP) is 0.473. The van der Waals surface area contributed by atoms with E-state index in [4.69, 9.17) is 5.11 Å². The van der Waals surface area contributed by atoms with Crippen molar-refractivity contribution in [3.05, 3.63) is 5.82 Å². The molecule has 0 spiro atoms. The van der Waals surface area contributed by atoms with Crippen molar-refractivity contribution in [2.75, 3.05) is 6.61 Å². The molecule has 0 aromatic carbocycles. The minimum atomic E-state index is -4.42. The molecule has 1 heterocycles. The fourth-order valence-electron chi connectivity index (χ4n) is 1.06. The van der Waals surface area contributed by atoms with Crippen LogP contribution in [0.1, 0.15) is 12.7 Å². The fourth-order valence-corrected chi connectivity index (χ4v) is 1.06. The summed E-state index contributed by atoms with van der Waals surface area (Å²) in [4.78, 5) is 10.6. The van der Waals surface area contributed by atoms with Crippen LogP contribution in [0.3, 0.4) is 0 Å².